The third-order valence-corrected chi connectivity index (χ3v) is 4.33. The minimum Gasteiger partial charge on any atom is -0.489 e. The smallest absolute Gasteiger partial charge is 0.328 e. The third-order valence-electron chi connectivity index (χ3n) is 4.33. The van der Waals surface area contributed by atoms with Crippen molar-refractivity contribution in [3.63, 3.8) is 0 Å². The summed E-state index contributed by atoms with van der Waals surface area (Å²) in [4.78, 5) is 28.4. The van der Waals surface area contributed by atoms with Crippen LogP contribution in [0.25, 0.3) is 0 Å². The normalized spacial score (nSPS) is 11.3. The highest BCUT2D eigenvalue weighted by molar-refractivity contribution is 5.96. The van der Waals surface area contributed by atoms with E-state index >= 15 is 0 Å². The second-order valence-corrected chi connectivity index (χ2v) is 6.41. The Morgan fingerprint density at radius 3 is 2.38 bits per heavy atom. The van der Waals surface area contributed by atoms with E-state index in [9.17, 15) is 9.59 Å². The van der Waals surface area contributed by atoms with Gasteiger partial charge in [-0.25, -0.2) is 4.79 Å². The van der Waals surface area contributed by atoms with E-state index in [1.54, 1.807) is 18.3 Å². The fraction of sp³-hybridized carbons (Fsp3) is 0.174. The highest BCUT2D eigenvalue weighted by Gasteiger charge is 2.22. The summed E-state index contributed by atoms with van der Waals surface area (Å²) in [5, 5.41) is 2.71. The number of hydrogen-bond donors (Lipinski definition) is 1. The first-order valence-corrected chi connectivity index (χ1v) is 9.20. The van der Waals surface area contributed by atoms with Crippen LogP contribution in [-0.4, -0.2) is 30.0 Å². The highest BCUT2D eigenvalue weighted by Crippen LogP contribution is 2.16. The molecule has 0 saturated heterocycles. The van der Waals surface area contributed by atoms with Gasteiger partial charge in [0.25, 0.3) is 5.91 Å². The second kappa shape index (κ2) is 10.0. The molecule has 29 heavy (non-hydrogen) atoms. The lowest BCUT2D eigenvalue weighted by molar-refractivity contribution is -0.142. The molecule has 0 fully saturated rings. The lowest BCUT2D eigenvalue weighted by Crippen LogP contribution is -2.43. The van der Waals surface area contributed by atoms with Crippen LogP contribution in [0.4, 0.5) is 0 Å². The minimum absolute atomic E-state index is 0.303. The van der Waals surface area contributed by atoms with Crippen LogP contribution in [0, 0.1) is 0 Å². The number of ether oxygens (including phenoxy) is 2. The van der Waals surface area contributed by atoms with E-state index in [4.69, 9.17) is 9.47 Å². The van der Waals surface area contributed by atoms with Crippen LogP contribution in [0.15, 0.2) is 79.1 Å². The van der Waals surface area contributed by atoms with Crippen LogP contribution in [0.3, 0.4) is 0 Å². The fourth-order valence-corrected chi connectivity index (χ4v) is 2.77. The molecule has 1 amide bonds. The molecule has 2 aromatic carbocycles. The number of rotatable bonds is 8. The number of carbonyl (C=O) groups excluding carboxylic acids is 2. The maximum Gasteiger partial charge on any atom is 0.328 e. The predicted molar refractivity (Wildman–Crippen MR) is 108 cm³/mol. The Morgan fingerprint density at radius 1 is 0.966 bits per heavy atom. The van der Waals surface area contributed by atoms with Crippen LogP contribution in [0.5, 0.6) is 5.75 Å². The molecule has 1 heterocycles. The van der Waals surface area contributed by atoms with Gasteiger partial charge in [-0.3, -0.25) is 9.78 Å². The molecule has 0 bridgehead atoms. The van der Waals surface area contributed by atoms with Crippen LogP contribution in [0.1, 0.15) is 21.5 Å². The van der Waals surface area contributed by atoms with Crippen molar-refractivity contribution in [2.45, 2.75) is 19.1 Å². The number of pyridine rings is 1. The van der Waals surface area contributed by atoms with Gasteiger partial charge in [-0.05, 0) is 35.4 Å². The van der Waals surface area contributed by atoms with Crippen LogP contribution in [-0.2, 0) is 22.6 Å². The molecule has 0 aliphatic heterocycles. The molecule has 6 heteroatoms. The molecule has 1 aromatic heterocycles. The van der Waals surface area contributed by atoms with Gasteiger partial charge in [0.15, 0.2) is 0 Å². The Labute approximate surface area is 169 Å². The van der Waals surface area contributed by atoms with Gasteiger partial charge >= 0.3 is 5.97 Å². The van der Waals surface area contributed by atoms with E-state index in [2.05, 4.69) is 10.3 Å². The number of nitrogens with zero attached hydrogens (tertiary/aromatic N) is 1. The number of methoxy groups -OCH3 is 1. The first-order valence-electron chi connectivity index (χ1n) is 9.20. The summed E-state index contributed by atoms with van der Waals surface area (Å²) in [6.45, 7) is 0.478. The number of aromatic nitrogens is 1. The summed E-state index contributed by atoms with van der Waals surface area (Å²) in [6.07, 6.45) is 3.33. The maximum atomic E-state index is 12.4. The van der Waals surface area contributed by atoms with Crippen molar-refractivity contribution < 1.29 is 19.1 Å². The van der Waals surface area contributed by atoms with E-state index in [1.807, 2.05) is 54.6 Å². The largest absolute Gasteiger partial charge is 0.489 e. The quantitative estimate of drug-likeness (QED) is 0.598. The van der Waals surface area contributed by atoms with Crippen molar-refractivity contribution in [1.29, 1.82) is 0 Å². The first-order chi connectivity index (χ1) is 14.2. The van der Waals surface area contributed by atoms with Gasteiger partial charge in [-0.2, -0.15) is 0 Å². The Morgan fingerprint density at radius 2 is 1.72 bits per heavy atom. The van der Waals surface area contributed by atoms with Crippen molar-refractivity contribution in [3.8, 4) is 5.75 Å². The van der Waals surface area contributed by atoms with E-state index in [0.29, 0.717) is 18.6 Å². The van der Waals surface area contributed by atoms with Gasteiger partial charge in [-0.15, -0.1) is 0 Å². The molecule has 0 aliphatic rings. The molecule has 1 atom stereocenters. The predicted octanol–water partition coefficient (Wildman–Crippen LogP) is 3.17. The summed E-state index contributed by atoms with van der Waals surface area (Å²) in [5.74, 6) is -0.158. The first kappa shape index (κ1) is 20.1. The molecule has 0 unspecified atom stereocenters. The molecule has 3 rings (SSSR count). The summed E-state index contributed by atoms with van der Waals surface area (Å²) < 4.78 is 10.6. The highest BCUT2D eigenvalue weighted by atomic mass is 16.5. The molecular weight excluding hydrogens is 368 g/mol. The van der Waals surface area contributed by atoms with Gasteiger partial charge in [0, 0.05) is 18.8 Å². The van der Waals surface area contributed by atoms with Crippen LogP contribution >= 0.6 is 0 Å². The molecule has 0 saturated carbocycles. The lowest BCUT2D eigenvalue weighted by atomic mass is 10.1. The molecule has 0 aliphatic carbocycles. The average molecular weight is 390 g/mol. The van der Waals surface area contributed by atoms with Crippen molar-refractivity contribution in [2.75, 3.05) is 7.11 Å². The standard InChI is InChI=1S/C23H22N2O4/c1-28-23(27)21(25-22(26)19-8-5-13-24-15-19)14-17-9-11-20(12-10-17)29-16-18-6-3-2-4-7-18/h2-13,15,21H,14,16H2,1H3,(H,25,26)/t21-/m1/s1. The number of amides is 1. The number of carbonyl (C=O) groups is 2. The van der Waals surface area contributed by atoms with Gasteiger partial charge in [0.2, 0.25) is 0 Å². The van der Waals surface area contributed by atoms with E-state index in [1.165, 1.54) is 13.3 Å². The van der Waals surface area contributed by atoms with Gasteiger partial charge in [-0.1, -0.05) is 42.5 Å². The molecular formula is C23H22N2O4. The molecule has 0 spiro atoms. The topological polar surface area (TPSA) is 77.5 Å². The molecule has 1 N–H and O–H groups in total. The zero-order valence-electron chi connectivity index (χ0n) is 16.1. The van der Waals surface area contributed by atoms with Crippen molar-refractivity contribution in [2.24, 2.45) is 0 Å². The van der Waals surface area contributed by atoms with Crippen molar-refractivity contribution >= 4 is 11.9 Å². The zero-order valence-corrected chi connectivity index (χ0v) is 16.1. The van der Waals surface area contributed by atoms with E-state index < -0.39 is 12.0 Å². The Balaban J connectivity index is 1.61. The van der Waals surface area contributed by atoms with Gasteiger partial charge in [0.1, 0.15) is 18.4 Å². The Bertz CT molecular complexity index is 928. The van der Waals surface area contributed by atoms with Crippen molar-refractivity contribution in [1.82, 2.24) is 10.3 Å². The molecule has 3 aromatic rings. The zero-order chi connectivity index (χ0) is 20.5. The molecule has 6 nitrogen and oxygen atoms in total. The SMILES string of the molecule is COC(=O)[C@@H](Cc1ccc(OCc2ccccc2)cc1)NC(=O)c1cccnc1. The van der Waals surface area contributed by atoms with Crippen molar-refractivity contribution in [3.05, 3.63) is 95.8 Å². The lowest BCUT2D eigenvalue weighted by Gasteiger charge is -2.17. The monoisotopic (exact) mass is 390 g/mol. The van der Waals surface area contributed by atoms with Crippen LogP contribution < -0.4 is 10.1 Å². The number of benzene rings is 2. The average Bonchev–Trinajstić information content (AvgIpc) is 2.78. The van der Waals surface area contributed by atoms with Gasteiger partial charge in [0.05, 0.1) is 12.7 Å². The fourth-order valence-electron chi connectivity index (χ4n) is 2.77. The molecule has 0 radical (unpaired) electrons. The minimum atomic E-state index is -0.802. The Kier molecular flexibility index (Phi) is 6.95. The summed E-state index contributed by atoms with van der Waals surface area (Å²) in [7, 11) is 1.30. The second-order valence-electron chi connectivity index (χ2n) is 6.41. The van der Waals surface area contributed by atoms with E-state index in [-0.39, 0.29) is 5.91 Å². The maximum absolute atomic E-state index is 12.4. The number of esters is 1. The van der Waals surface area contributed by atoms with Gasteiger partial charge < -0.3 is 14.8 Å². The summed E-state index contributed by atoms with van der Waals surface area (Å²) >= 11 is 0. The Hall–Kier alpha value is -3.67. The third kappa shape index (κ3) is 5.90. The summed E-state index contributed by atoms with van der Waals surface area (Å²) in [6, 6.07) is 19.8. The number of hydrogen-bond acceptors (Lipinski definition) is 5. The van der Waals surface area contributed by atoms with E-state index in [0.717, 1.165) is 16.9 Å². The molecule has 148 valence electrons. The van der Waals surface area contributed by atoms with Crippen LogP contribution in [0.2, 0.25) is 0 Å². The number of nitrogens with one attached hydrogen (secondary N) is 1. The summed E-state index contributed by atoms with van der Waals surface area (Å²) in [5.41, 5.74) is 2.34.